The van der Waals surface area contributed by atoms with Crippen LogP contribution in [0.3, 0.4) is 0 Å². The summed E-state index contributed by atoms with van der Waals surface area (Å²) in [6.45, 7) is 5.91. The van der Waals surface area contributed by atoms with E-state index in [2.05, 4.69) is 32.0 Å². The fourth-order valence-electron chi connectivity index (χ4n) is 3.54. The molecule has 1 aliphatic rings. The number of aromatic nitrogens is 2. The Labute approximate surface area is 149 Å². The molecule has 3 rings (SSSR count). The van der Waals surface area contributed by atoms with Gasteiger partial charge in [-0.05, 0) is 51.8 Å². The van der Waals surface area contributed by atoms with Crippen LogP contribution in [0.2, 0.25) is 0 Å². The number of aryl methyl sites for hydroxylation is 2. The van der Waals surface area contributed by atoms with E-state index in [1.807, 2.05) is 18.2 Å². The van der Waals surface area contributed by atoms with Crippen LogP contribution in [0.15, 0.2) is 35.2 Å². The number of hydrogen-bond acceptors (Lipinski definition) is 4. The van der Waals surface area contributed by atoms with Crippen LogP contribution in [0.4, 0.5) is 0 Å². The van der Waals surface area contributed by atoms with Crippen molar-refractivity contribution in [3.8, 4) is 0 Å². The van der Waals surface area contributed by atoms with Gasteiger partial charge in [0.25, 0.3) is 0 Å². The number of aromatic amines is 1. The first-order valence-corrected chi connectivity index (χ1v) is 10.2. The van der Waals surface area contributed by atoms with Crippen LogP contribution in [-0.4, -0.2) is 49.2 Å². The minimum atomic E-state index is -3.57. The van der Waals surface area contributed by atoms with Crippen LogP contribution < -0.4 is 4.72 Å². The lowest BCUT2D eigenvalue weighted by Crippen LogP contribution is -2.44. The summed E-state index contributed by atoms with van der Waals surface area (Å²) in [4.78, 5) is 2.66. The van der Waals surface area contributed by atoms with Gasteiger partial charge in [0.15, 0.2) is 0 Å². The Bertz CT molecular complexity index is 776. The Hall–Kier alpha value is -1.70. The lowest BCUT2D eigenvalue weighted by molar-refractivity contribution is 0.241. The highest BCUT2D eigenvalue weighted by molar-refractivity contribution is 7.89. The first-order chi connectivity index (χ1) is 12.0. The maximum atomic E-state index is 12.7. The van der Waals surface area contributed by atoms with Gasteiger partial charge in [0.1, 0.15) is 4.90 Å². The first-order valence-electron chi connectivity index (χ1n) is 8.76. The minimum Gasteiger partial charge on any atom is -0.299 e. The van der Waals surface area contributed by atoms with E-state index in [0.29, 0.717) is 17.9 Å². The Morgan fingerprint density at radius 3 is 2.48 bits per heavy atom. The zero-order valence-electron chi connectivity index (χ0n) is 14.8. The lowest BCUT2D eigenvalue weighted by atomic mass is 10.1. The largest absolute Gasteiger partial charge is 0.299 e. The molecule has 25 heavy (non-hydrogen) atoms. The smallest absolute Gasteiger partial charge is 0.244 e. The van der Waals surface area contributed by atoms with Crippen LogP contribution >= 0.6 is 0 Å². The molecule has 1 aliphatic heterocycles. The van der Waals surface area contributed by atoms with Crippen molar-refractivity contribution in [1.29, 1.82) is 0 Å². The van der Waals surface area contributed by atoms with Gasteiger partial charge in [-0.3, -0.25) is 10.00 Å². The van der Waals surface area contributed by atoms with Gasteiger partial charge in [0.2, 0.25) is 10.0 Å². The van der Waals surface area contributed by atoms with Crippen LogP contribution in [0, 0.1) is 13.8 Å². The topological polar surface area (TPSA) is 78.1 Å². The Balaban J connectivity index is 1.74. The average molecular weight is 362 g/mol. The Morgan fingerprint density at radius 2 is 1.88 bits per heavy atom. The summed E-state index contributed by atoms with van der Waals surface area (Å²) in [6.07, 6.45) is 3.20. The van der Waals surface area contributed by atoms with Gasteiger partial charge in [-0.15, -0.1) is 0 Å². The minimum absolute atomic E-state index is 0.159. The summed E-state index contributed by atoms with van der Waals surface area (Å²) >= 11 is 0. The molecule has 1 unspecified atom stereocenters. The molecule has 0 radical (unpaired) electrons. The molecular weight excluding hydrogens is 336 g/mol. The highest BCUT2D eigenvalue weighted by atomic mass is 32.2. The Morgan fingerprint density at radius 1 is 1.20 bits per heavy atom. The van der Waals surface area contributed by atoms with E-state index >= 15 is 0 Å². The zero-order chi connectivity index (χ0) is 17.9. The van der Waals surface area contributed by atoms with Gasteiger partial charge < -0.3 is 0 Å². The SMILES string of the molecule is Cc1n[nH]c(C)c1S(=O)(=O)NCC(Cc1ccccc1)N1CCCC1. The molecule has 1 aromatic carbocycles. The second-order valence-electron chi connectivity index (χ2n) is 6.70. The summed E-state index contributed by atoms with van der Waals surface area (Å²) in [7, 11) is -3.57. The molecule has 2 aromatic rings. The number of nitrogens with zero attached hydrogens (tertiary/aromatic N) is 2. The van der Waals surface area contributed by atoms with Crippen molar-refractivity contribution >= 4 is 10.0 Å². The van der Waals surface area contributed by atoms with Crippen molar-refractivity contribution in [1.82, 2.24) is 19.8 Å². The van der Waals surface area contributed by atoms with Crippen molar-refractivity contribution in [3.63, 3.8) is 0 Å². The summed E-state index contributed by atoms with van der Waals surface area (Å²) in [5, 5.41) is 6.75. The summed E-state index contributed by atoms with van der Waals surface area (Å²) in [5.74, 6) is 0. The van der Waals surface area contributed by atoms with Crippen molar-refractivity contribution in [2.75, 3.05) is 19.6 Å². The highest BCUT2D eigenvalue weighted by Crippen LogP contribution is 2.19. The molecule has 1 fully saturated rings. The molecule has 0 saturated carbocycles. The number of rotatable bonds is 7. The molecule has 2 N–H and O–H groups in total. The number of benzene rings is 1. The molecule has 6 nitrogen and oxygen atoms in total. The number of hydrogen-bond donors (Lipinski definition) is 2. The molecule has 1 atom stereocenters. The van der Waals surface area contributed by atoms with E-state index in [9.17, 15) is 8.42 Å². The Kier molecular flexibility index (Phi) is 5.56. The van der Waals surface area contributed by atoms with Crippen LogP contribution in [0.1, 0.15) is 29.8 Å². The third kappa shape index (κ3) is 4.29. The molecule has 0 amide bonds. The van der Waals surface area contributed by atoms with Gasteiger partial charge in [0.05, 0.1) is 11.4 Å². The normalized spacial score (nSPS) is 17.0. The second-order valence-corrected chi connectivity index (χ2v) is 8.41. The predicted octanol–water partition coefficient (Wildman–Crippen LogP) is 2.01. The predicted molar refractivity (Wildman–Crippen MR) is 98.0 cm³/mol. The lowest BCUT2D eigenvalue weighted by Gasteiger charge is -2.28. The number of sulfonamides is 1. The van der Waals surface area contributed by atoms with Crippen LogP contribution in [-0.2, 0) is 16.4 Å². The monoisotopic (exact) mass is 362 g/mol. The van der Waals surface area contributed by atoms with E-state index < -0.39 is 10.0 Å². The third-order valence-electron chi connectivity index (χ3n) is 4.81. The van der Waals surface area contributed by atoms with Crippen LogP contribution in [0.5, 0.6) is 0 Å². The van der Waals surface area contributed by atoms with Crippen LogP contribution in [0.25, 0.3) is 0 Å². The van der Waals surface area contributed by atoms with E-state index in [1.165, 1.54) is 18.4 Å². The van der Waals surface area contributed by atoms with E-state index in [1.54, 1.807) is 13.8 Å². The van der Waals surface area contributed by atoms with Gasteiger partial charge >= 0.3 is 0 Å². The van der Waals surface area contributed by atoms with Crippen molar-refractivity contribution in [3.05, 3.63) is 47.3 Å². The van der Waals surface area contributed by atoms with Gasteiger partial charge in [0, 0.05) is 12.6 Å². The maximum absolute atomic E-state index is 12.7. The molecule has 1 saturated heterocycles. The fourth-order valence-corrected chi connectivity index (χ4v) is 4.98. The molecule has 1 aromatic heterocycles. The summed E-state index contributed by atoms with van der Waals surface area (Å²) in [5.41, 5.74) is 2.31. The fraction of sp³-hybridized carbons (Fsp3) is 0.500. The number of H-pyrrole nitrogens is 1. The molecule has 0 spiro atoms. The number of nitrogens with one attached hydrogen (secondary N) is 2. The quantitative estimate of drug-likeness (QED) is 0.790. The van der Waals surface area contributed by atoms with E-state index in [0.717, 1.165) is 19.5 Å². The van der Waals surface area contributed by atoms with E-state index in [-0.39, 0.29) is 10.9 Å². The average Bonchev–Trinajstić information content (AvgIpc) is 3.23. The number of likely N-dealkylation sites (tertiary alicyclic amines) is 1. The summed E-state index contributed by atoms with van der Waals surface area (Å²) in [6, 6.07) is 10.4. The molecule has 0 aliphatic carbocycles. The zero-order valence-corrected chi connectivity index (χ0v) is 15.6. The molecule has 2 heterocycles. The van der Waals surface area contributed by atoms with Gasteiger partial charge in [-0.2, -0.15) is 5.10 Å². The van der Waals surface area contributed by atoms with Gasteiger partial charge in [-0.25, -0.2) is 13.1 Å². The highest BCUT2D eigenvalue weighted by Gasteiger charge is 2.27. The van der Waals surface area contributed by atoms with Crippen molar-refractivity contribution in [2.24, 2.45) is 0 Å². The van der Waals surface area contributed by atoms with Gasteiger partial charge in [-0.1, -0.05) is 30.3 Å². The maximum Gasteiger partial charge on any atom is 0.244 e. The molecular formula is C18H26N4O2S. The summed E-state index contributed by atoms with van der Waals surface area (Å²) < 4.78 is 28.2. The second kappa shape index (κ2) is 7.68. The molecule has 0 bridgehead atoms. The van der Waals surface area contributed by atoms with Crippen molar-refractivity contribution in [2.45, 2.75) is 44.0 Å². The third-order valence-corrected chi connectivity index (χ3v) is 6.50. The standard InChI is InChI=1S/C18H26N4O2S/c1-14-18(15(2)21-20-14)25(23,24)19-13-17(22-10-6-7-11-22)12-16-8-4-3-5-9-16/h3-5,8-9,17,19H,6-7,10-13H2,1-2H3,(H,20,21). The van der Waals surface area contributed by atoms with Crippen molar-refractivity contribution < 1.29 is 8.42 Å². The van der Waals surface area contributed by atoms with E-state index in [4.69, 9.17) is 0 Å². The first kappa shape index (κ1) is 18.1. The molecule has 136 valence electrons. The molecule has 7 heteroatoms.